The summed E-state index contributed by atoms with van der Waals surface area (Å²) in [4.78, 5) is 27.2. The Morgan fingerprint density at radius 3 is 2.46 bits per heavy atom. The van der Waals surface area contributed by atoms with E-state index in [1.807, 2.05) is 36.7 Å². The topological polar surface area (TPSA) is 75.7 Å². The van der Waals surface area contributed by atoms with Crippen molar-refractivity contribution in [2.75, 3.05) is 51.7 Å². The molecule has 1 saturated heterocycles. The highest BCUT2D eigenvalue weighted by atomic mass is 16.3. The Balaban J connectivity index is 1.45. The van der Waals surface area contributed by atoms with Crippen LogP contribution in [0.2, 0.25) is 0 Å². The van der Waals surface area contributed by atoms with Crippen LogP contribution in [0, 0.1) is 6.92 Å². The smallest absolute Gasteiger partial charge is 0.253 e. The molecule has 1 atom stereocenters. The number of amides is 1. The van der Waals surface area contributed by atoms with Crippen LogP contribution in [0.3, 0.4) is 0 Å². The number of nitrogens with one attached hydrogen (secondary N) is 1. The van der Waals surface area contributed by atoms with Gasteiger partial charge in [0.2, 0.25) is 0 Å². The number of piperazine rings is 1. The quantitative estimate of drug-likeness (QED) is 0.356. The second-order valence-corrected chi connectivity index (χ2v) is 10.9. The molecule has 2 aromatic carbocycles. The number of rotatable bonds is 7. The lowest BCUT2D eigenvalue weighted by Gasteiger charge is -2.36. The van der Waals surface area contributed by atoms with Crippen LogP contribution in [0.25, 0.3) is 33.3 Å². The van der Waals surface area contributed by atoms with Gasteiger partial charge in [0.15, 0.2) is 0 Å². The van der Waals surface area contributed by atoms with Crippen molar-refractivity contribution in [3.8, 4) is 22.3 Å². The number of aromatic amines is 1. The highest BCUT2D eigenvalue weighted by Crippen LogP contribution is 2.35. The molecule has 1 aliphatic heterocycles. The van der Waals surface area contributed by atoms with Crippen LogP contribution >= 0.6 is 0 Å². The van der Waals surface area contributed by atoms with Crippen LogP contribution in [0.1, 0.15) is 35.3 Å². The van der Waals surface area contributed by atoms with E-state index in [1.54, 1.807) is 18.9 Å². The molecule has 1 amide bonds. The van der Waals surface area contributed by atoms with Crippen molar-refractivity contribution >= 4 is 22.6 Å². The number of carbonyl (C=O) groups is 1. The number of benzene rings is 2. The van der Waals surface area contributed by atoms with Crippen molar-refractivity contribution in [3.05, 3.63) is 71.5 Å². The molecular formula is C32H39N5O2. The van der Waals surface area contributed by atoms with E-state index in [-0.39, 0.29) is 5.91 Å². The van der Waals surface area contributed by atoms with Crippen molar-refractivity contribution in [1.82, 2.24) is 19.8 Å². The summed E-state index contributed by atoms with van der Waals surface area (Å²) in [7, 11) is 3.90. The van der Waals surface area contributed by atoms with Crippen LogP contribution < -0.4 is 4.90 Å². The lowest BCUT2D eigenvalue weighted by Crippen LogP contribution is -2.45. The maximum Gasteiger partial charge on any atom is 0.253 e. The minimum absolute atomic E-state index is 0.104. The molecule has 1 fully saturated rings. The molecule has 0 spiro atoms. The summed E-state index contributed by atoms with van der Waals surface area (Å²) >= 11 is 0. The van der Waals surface area contributed by atoms with Crippen molar-refractivity contribution in [1.29, 1.82) is 0 Å². The molecule has 0 bridgehead atoms. The first-order valence-corrected chi connectivity index (χ1v) is 13.8. The van der Waals surface area contributed by atoms with Gasteiger partial charge in [0.1, 0.15) is 5.65 Å². The number of pyridine rings is 1. The van der Waals surface area contributed by atoms with E-state index in [2.05, 4.69) is 53.9 Å². The van der Waals surface area contributed by atoms with E-state index in [4.69, 9.17) is 4.98 Å². The van der Waals surface area contributed by atoms with E-state index in [1.165, 1.54) is 22.4 Å². The molecule has 7 heteroatoms. The van der Waals surface area contributed by atoms with Crippen LogP contribution in [0.4, 0.5) is 5.69 Å². The van der Waals surface area contributed by atoms with Gasteiger partial charge in [-0.1, -0.05) is 19.1 Å². The molecule has 204 valence electrons. The molecule has 0 unspecified atom stereocenters. The van der Waals surface area contributed by atoms with Gasteiger partial charge in [0.05, 0.1) is 6.10 Å². The fourth-order valence-electron chi connectivity index (χ4n) is 5.66. The summed E-state index contributed by atoms with van der Waals surface area (Å²) in [6.45, 7) is 10.7. The monoisotopic (exact) mass is 525 g/mol. The number of hydrogen-bond donors (Lipinski definition) is 2. The van der Waals surface area contributed by atoms with Crippen molar-refractivity contribution in [2.45, 2.75) is 33.3 Å². The first kappa shape index (κ1) is 26.9. The zero-order chi connectivity index (χ0) is 27.7. The number of carbonyl (C=O) groups excluding carboxylic acids is 1. The predicted molar refractivity (Wildman–Crippen MR) is 159 cm³/mol. The second-order valence-electron chi connectivity index (χ2n) is 10.9. The Hall–Kier alpha value is -3.68. The normalized spacial score (nSPS) is 15.1. The van der Waals surface area contributed by atoms with Gasteiger partial charge in [-0.3, -0.25) is 4.79 Å². The number of nitrogens with zero attached hydrogens (tertiary/aromatic N) is 4. The Morgan fingerprint density at radius 2 is 1.79 bits per heavy atom. The van der Waals surface area contributed by atoms with E-state index in [9.17, 15) is 9.90 Å². The number of H-pyrrole nitrogens is 1. The lowest BCUT2D eigenvalue weighted by atomic mass is 9.95. The summed E-state index contributed by atoms with van der Waals surface area (Å²) in [5.74, 6) is -0.104. The van der Waals surface area contributed by atoms with E-state index in [0.29, 0.717) is 12.1 Å². The zero-order valence-electron chi connectivity index (χ0n) is 23.7. The maximum absolute atomic E-state index is 12.7. The zero-order valence-corrected chi connectivity index (χ0v) is 23.7. The van der Waals surface area contributed by atoms with E-state index >= 15 is 0 Å². The fourth-order valence-corrected chi connectivity index (χ4v) is 5.66. The SMILES string of the molecule is CCc1cc(-c2cnc3[nH]cc(-c4ccc(C(=O)N(C)C[C@@H](C)O)cc4)c3c2)cc(C)c1N1CCN(C)CC1. The molecule has 7 nitrogen and oxygen atoms in total. The Morgan fingerprint density at radius 1 is 1.08 bits per heavy atom. The van der Waals surface area contributed by atoms with Gasteiger partial charge in [0.25, 0.3) is 5.91 Å². The van der Waals surface area contributed by atoms with Gasteiger partial charge in [-0.2, -0.15) is 0 Å². The highest BCUT2D eigenvalue weighted by Gasteiger charge is 2.20. The predicted octanol–water partition coefficient (Wildman–Crippen LogP) is 4.97. The van der Waals surface area contributed by atoms with Gasteiger partial charge in [-0.25, -0.2) is 4.98 Å². The number of aryl methyl sites for hydroxylation is 2. The molecule has 0 radical (unpaired) electrons. The number of anilines is 1. The van der Waals surface area contributed by atoms with Crippen LogP contribution in [-0.4, -0.2) is 83.7 Å². The third-order valence-corrected chi connectivity index (χ3v) is 7.77. The molecule has 1 aliphatic rings. The first-order valence-electron chi connectivity index (χ1n) is 13.8. The van der Waals surface area contributed by atoms with Gasteiger partial charge >= 0.3 is 0 Å². The summed E-state index contributed by atoms with van der Waals surface area (Å²) in [5.41, 5.74) is 9.87. The van der Waals surface area contributed by atoms with Gasteiger partial charge in [-0.05, 0) is 79.9 Å². The summed E-state index contributed by atoms with van der Waals surface area (Å²) in [6.07, 6.45) is 4.36. The summed E-state index contributed by atoms with van der Waals surface area (Å²) < 4.78 is 0. The van der Waals surface area contributed by atoms with Crippen LogP contribution in [0.15, 0.2) is 54.9 Å². The lowest BCUT2D eigenvalue weighted by molar-refractivity contribution is 0.0703. The van der Waals surface area contributed by atoms with Crippen molar-refractivity contribution in [3.63, 3.8) is 0 Å². The molecule has 2 N–H and O–H groups in total. The highest BCUT2D eigenvalue weighted by molar-refractivity contribution is 5.98. The molecule has 0 saturated carbocycles. The largest absolute Gasteiger partial charge is 0.392 e. The average molecular weight is 526 g/mol. The fraction of sp³-hybridized carbons (Fsp3) is 0.375. The Labute approximate surface area is 231 Å². The van der Waals surface area contributed by atoms with E-state index < -0.39 is 6.10 Å². The number of hydrogen-bond acceptors (Lipinski definition) is 5. The number of fused-ring (bicyclic) bond motifs is 1. The third-order valence-electron chi connectivity index (χ3n) is 7.77. The van der Waals surface area contributed by atoms with Crippen LogP contribution in [-0.2, 0) is 6.42 Å². The Bertz CT molecular complexity index is 1470. The third kappa shape index (κ3) is 5.56. The van der Waals surface area contributed by atoms with Crippen LogP contribution in [0.5, 0.6) is 0 Å². The molecule has 5 rings (SSSR count). The molecule has 3 heterocycles. The average Bonchev–Trinajstić information content (AvgIpc) is 3.36. The minimum Gasteiger partial charge on any atom is -0.392 e. The summed E-state index contributed by atoms with van der Waals surface area (Å²) in [6, 6.07) is 14.5. The van der Waals surface area contributed by atoms with E-state index in [0.717, 1.165) is 60.3 Å². The second kappa shape index (κ2) is 11.2. The Kier molecular flexibility index (Phi) is 7.73. The molecule has 4 aromatic rings. The van der Waals surface area contributed by atoms with Gasteiger partial charge in [-0.15, -0.1) is 0 Å². The van der Waals surface area contributed by atoms with Crippen molar-refractivity contribution in [2.24, 2.45) is 0 Å². The van der Waals surface area contributed by atoms with Gasteiger partial charge in [0, 0.05) is 79.9 Å². The number of aromatic nitrogens is 2. The molecule has 0 aliphatic carbocycles. The molecule has 39 heavy (non-hydrogen) atoms. The van der Waals surface area contributed by atoms with Gasteiger partial charge < -0.3 is 24.8 Å². The molecule has 2 aromatic heterocycles. The standard InChI is InChI=1S/C32H39N5O2/c1-6-23-16-26(15-21(2)30(23)37-13-11-35(4)12-14-37)27-17-28-29(19-34-31(28)33-18-27)24-7-9-25(10-8-24)32(39)36(5)20-22(3)38/h7-10,15-19,22,38H,6,11-14,20H2,1-5H3,(H,33,34)/t22-/m1/s1. The van der Waals surface area contributed by atoms with Crippen molar-refractivity contribution < 1.29 is 9.90 Å². The number of likely N-dealkylation sites (N-methyl/N-ethyl adjacent to an activating group) is 2. The maximum atomic E-state index is 12.7. The minimum atomic E-state index is -0.564. The summed E-state index contributed by atoms with van der Waals surface area (Å²) in [5, 5.41) is 10.7. The number of aliphatic hydroxyl groups excluding tert-OH is 1. The molecular weight excluding hydrogens is 486 g/mol. The number of aliphatic hydroxyl groups is 1. The first-order chi connectivity index (χ1) is 18.7.